The predicted octanol–water partition coefficient (Wildman–Crippen LogP) is 1.40. The van der Waals surface area contributed by atoms with E-state index in [9.17, 15) is 14.4 Å². The molecule has 7 heteroatoms. The summed E-state index contributed by atoms with van der Waals surface area (Å²) < 4.78 is 0. The van der Waals surface area contributed by atoms with Gasteiger partial charge in [0.1, 0.15) is 6.04 Å². The second-order valence-electron chi connectivity index (χ2n) is 3.85. The number of aliphatic carboxylic acids is 2. The van der Waals surface area contributed by atoms with Crippen LogP contribution in [0.4, 0.5) is 0 Å². The number of benzene rings is 1. The van der Waals surface area contributed by atoms with E-state index in [2.05, 4.69) is 5.32 Å². The normalized spacial score (nSPS) is 12.1. The van der Waals surface area contributed by atoms with Crippen molar-refractivity contribution in [3.05, 3.63) is 40.9 Å². The molecule has 0 aliphatic rings. The highest BCUT2D eigenvalue weighted by Crippen LogP contribution is 2.16. The number of halogens is 1. The maximum absolute atomic E-state index is 11.5. The van der Waals surface area contributed by atoms with Crippen molar-refractivity contribution in [1.29, 1.82) is 0 Å². The van der Waals surface area contributed by atoms with Crippen LogP contribution < -0.4 is 5.32 Å². The van der Waals surface area contributed by atoms with Crippen LogP contribution in [0.25, 0.3) is 6.08 Å². The third-order valence-electron chi connectivity index (χ3n) is 2.31. The van der Waals surface area contributed by atoms with Crippen molar-refractivity contribution in [3.8, 4) is 0 Å². The zero-order valence-corrected chi connectivity index (χ0v) is 11.0. The average molecular weight is 298 g/mol. The van der Waals surface area contributed by atoms with Crippen LogP contribution in [0.1, 0.15) is 12.0 Å². The molecule has 0 bridgehead atoms. The molecule has 0 aromatic heterocycles. The summed E-state index contributed by atoms with van der Waals surface area (Å²) in [7, 11) is 0. The summed E-state index contributed by atoms with van der Waals surface area (Å²) >= 11 is 5.88. The zero-order chi connectivity index (χ0) is 15.1. The fourth-order valence-electron chi connectivity index (χ4n) is 1.37. The Labute approximate surface area is 119 Å². The van der Waals surface area contributed by atoms with Crippen molar-refractivity contribution >= 4 is 35.5 Å². The summed E-state index contributed by atoms with van der Waals surface area (Å²) in [6.45, 7) is 0. The topological polar surface area (TPSA) is 104 Å². The maximum Gasteiger partial charge on any atom is 0.326 e. The Morgan fingerprint density at radius 3 is 2.45 bits per heavy atom. The number of carbonyl (C=O) groups excluding carboxylic acids is 1. The molecule has 1 atom stereocenters. The van der Waals surface area contributed by atoms with Gasteiger partial charge in [0.2, 0.25) is 5.91 Å². The summed E-state index contributed by atoms with van der Waals surface area (Å²) in [5, 5.41) is 19.8. The van der Waals surface area contributed by atoms with Crippen molar-refractivity contribution in [3.63, 3.8) is 0 Å². The number of amides is 1. The van der Waals surface area contributed by atoms with Gasteiger partial charge in [-0.05, 0) is 17.7 Å². The van der Waals surface area contributed by atoms with Gasteiger partial charge in [0.15, 0.2) is 0 Å². The van der Waals surface area contributed by atoms with Gasteiger partial charge in [-0.1, -0.05) is 29.8 Å². The Bertz CT molecular complexity index is 555. The lowest BCUT2D eigenvalue weighted by Gasteiger charge is -2.10. The molecule has 0 aliphatic carbocycles. The van der Waals surface area contributed by atoms with E-state index in [4.69, 9.17) is 21.8 Å². The Hall–Kier alpha value is -2.34. The molecule has 1 rings (SSSR count). The van der Waals surface area contributed by atoms with E-state index in [1.165, 1.54) is 6.08 Å². The van der Waals surface area contributed by atoms with Crippen molar-refractivity contribution in [2.24, 2.45) is 0 Å². The highest BCUT2D eigenvalue weighted by Gasteiger charge is 2.21. The van der Waals surface area contributed by atoms with Crippen LogP contribution in [0.3, 0.4) is 0 Å². The van der Waals surface area contributed by atoms with Crippen molar-refractivity contribution in [2.75, 3.05) is 0 Å². The first kappa shape index (κ1) is 15.7. The summed E-state index contributed by atoms with van der Waals surface area (Å²) in [5.74, 6) is -3.43. The highest BCUT2D eigenvalue weighted by molar-refractivity contribution is 6.32. The minimum atomic E-state index is -1.48. The fourth-order valence-corrected chi connectivity index (χ4v) is 1.57. The third kappa shape index (κ3) is 5.11. The number of carboxylic acids is 2. The molecule has 1 amide bonds. The second kappa shape index (κ2) is 7.30. The minimum Gasteiger partial charge on any atom is -0.481 e. The molecule has 0 heterocycles. The average Bonchev–Trinajstić information content (AvgIpc) is 2.36. The molecule has 0 fully saturated rings. The SMILES string of the molecule is O=C(O)CC(NC(=O)/C=C/c1ccccc1Cl)C(=O)O. The first-order valence-electron chi connectivity index (χ1n) is 5.58. The van der Waals surface area contributed by atoms with Gasteiger partial charge in [0, 0.05) is 11.1 Å². The molecule has 3 N–H and O–H groups in total. The van der Waals surface area contributed by atoms with E-state index in [1.54, 1.807) is 24.3 Å². The van der Waals surface area contributed by atoms with Gasteiger partial charge in [0.05, 0.1) is 6.42 Å². The molecule has 106 valence electrons. The van der Waals surface area contributed by atoms with Crippen molar-refractivity contribution in [2.45, 2.75) is 12.5 Å². The number of nitrogens with one attached hydrogen (secondary N) is 1. The minimum absolute atomic E-state index is 0.442. The molecule has 1 aromatic rings. The molecule has 0 saturated carbocycles. The Morgan fingerprint density at radius 1 is 1.25 bits per heavy atom. The highest BCUT2D eigenvalue weighted by atomic mass is 35.5. The van der Waals surface area contributed by atoms with Gasteiger partial charge in [-0.2, -0.15) is 0 Å². The molecule has 0 radical (unpaired) electrons. The molecular weight excluding hydrogens is 286 g/mol. The number of carboxylic acid groups (broad SMARTS) is 2. The molecule has 0 aliphatic heterocycles. The fraction of sp³-hybridized carbons (Fsp3) is 0.154. The van der Waals surface area contributed by atoms with E-state index in [0.29, 0.717) is 10.6 Å². The van der Waals surface area contributed by atoms with E-state index >= 15 is 0 Å². The van der Waals surface area contributed by atoms with Gasteiger partial charge in [-0.3, -0.25) is 9.59 Å². The van der Waals surface area contributed by atoms with Gasteiger partial charge in [-0.25, -0.2) is 4.79 Å². The molecular formula is C13H12ClNO5. The predicted molar refractivity (Wildman–Crippen MR) is 72.3 cm³/mol. The molecule has 0 saturated heterocycles. The second-order valence-corrected chi connectivity index (χ2v) is 4.26. The van der Waals surface area contributed by atoms with Crippen molar-refractivity contribution in [1.82, 2.24) is 5.32 Å². The number of hydrogen-bond donors (Lipinski definition) is 3. The van der Waals surface area contributed by atoms with E-state index in [-0.39, 0.29) is 0 Å². The molecule has 6 nitrogen and oxygen atoms in total. The van der Waals surface area contributed by atoms with E-state index in [1.807, 2.05) is 0 Å². The monoisotopic (exact) mass is 297 g/mol. The zero-order valence-electron chi connectivity index (χ0n) is 10.2. The largest absolute Gasteiger partial charge is 0.481 e. The lowest BCUT2D eigenvalue weighted by atomic mass is 10.2. The van der Waals surface area contributed by atoms with Crippen LogP contribution in [-0.4, -0.2) is 34.1 Å². The van der Waals surface area contributed by atoms with Crippen LogP contribution in [0, 0.1) is 0 Å². The Balaban J connectivity index is 2.69. The van der Waals surface area contributed by atoms with Gasteiger partial charge < -0.3 is 15.5 Å². The molecule has 20 heavy (non-hydrogen) atoms. The lowest BCUT2D eigenvalue weighted by molar-refractivity contribution is -0.146. The van der Waals surface area contributed by atoms with Crippen LogP contribution in [-0.2, 0) is 14.4 Å². The third-order valence-corrected chi connectivity index (χ3v) is 2.66. The summed E-state index contributed by atoms with van der Waals surface area (Å²) in [6, 6.07) is 5.30. The summed E-state index contributed by atoms with van der Waals surface area (Å²) in [6.07, 6.45) is 1.82. The van der Waals surface area contributed by atoms with Gasteiger partial charge in [-0.15, -0.1) is 0 Å². The van der Waals surface area contributed by atoms with E-state index < -0.39 is 30.3 Å². The van der Waals surface area contributed by atoms with Gasteiger partial charge in [0.25, 0.3) is 0 Å². The van der Waals surface area contributed by atoms with Crippen LogP contribution in [0.15, 0.2) is 30.3 Å². The molecule has 1 aromatic carbocycles. The number of hydrogen-bond acceptors (Lipinski definition) is 3. The Morgan fingerprint density at radius 2 is 1.90 bits per heavy atom. The molecule has 1 unspecified atom stereocenters. The maximum atomic E-state index is 11.5. The smallest absolute Gasteiger partial charge is 0.326 e. The van der Waals surface area contributed by atoms with E-state index in [0.717, 1.165) is 6.08 Å². The van der Waals surface area contributed by atoms with Crippen LogP contribution in [0.5, 0.6) is 0 Å². The molecule has 0 spiro atoms. The number of carbonyl (C=O) groups is 3. The number of rotatable bonds is 6. The summed E-state index contributed by atoms with van der Waals surface area (Å²) in [5.41, 5.74) is 0.592. The van der Waals surface area contributed by atoms with Crippen LogP contribution >= 0.6 is 11.6 Å². The first-order chi connectivity index (χ1) is 9.40. The van der Waals surface area contributed by atoms with Crippen molar-refractivity contribution < 1.29 is 24.6 Å². The summed E-state index contributed by atoms with van der Waals surface area (Å²) in [4.78, 5) is 32.8. The Kier molecular flexibility index (Phi) is 5.74. The standard InChI is InChI=1S/C13H12ClNO5/c14-9-4-2-1-3-8(9)5-6-11(16)15-10(13(19)20)7-12(17)18/h1-6,10H,7H2,(H,15,16)(H,17,18)(H,19,20)/b6-5+. The quantitative estimate of drug-likeness (QED) is 0.689. The van der Waals surface area contributed by atoms with Gasteiger partial charge >= 0.3 is 11.9 Å². The van der Waals surface area contributed by atoms with Crippen LogP contribution in [0.2, 0.25) is 5.02 Å². The lowest BCUT2D eigenvalue weighted by Crippen LogP contribution is -2.41. The first-order valence-corrected chi connectivity index (χ1v) is 5.95.